The third-order valence-corrected chi connectivity index (χ3v) is 3.33. The fraction of sp³-hybridized carbons (Fsp3) is 0.867. The number of hydrogen-bond donors (Lipinski definition) is 3. The molecule has 0 rings (SSSR count). The summed E-state index contributed by atoms with van der Waals surface area (Å²) in [6.45, 7) is 7.50. The van der Waals surface area contributed by atoms with Crippen molar-refractivity contribution in [2.75, 3.05) is 13.2 Å². The topological polar surface area (TPSA) is 86.6 Å². The van der Waals surface area contributed by atoms with Crippen molar-refractivity contribution in [1.82, 2.24) is 5.32 Å². The average Bonchev–Trinajstić information content (AvgIpc) is 2.39. The summed E-state index contributed by atoms with van der Waals surface area (Å²) in [6.07, 6.45) is 1.27. The lowest BCUT2D eigenvalue weighted by molar-refractivity contribution is -0.137. The molecule has 3 N–H and O–H groups in total. The van der Waals surface area contributed by atoms with Gasteiger partial charge in [0.15, 0.2) is 0 Å². The minimum atomic E-state index is -1.25. The third kappa shape index (κ3) is 7.60. The molecule has 0 unspecified atom stereocenters. The molecule has 0 aliphatic heterocycles. The SMILES string of the molecule is CC(C)CCC(=O)CCCNC(=O)[C@H](O)C(C)(C)CO. The van der Waals surface area contributed by atoms with Crippen LogP contribution in [0.5, 0.6) is 0 Å². The normalized spacial score (nSPS) is 13.3. The maximum Gasteiger partial charge on any atom is 0.249 e. The zero-order chi connectivity index (χ0) is 15.8. The highest BCUT2D eigenvalue weighted by Gasteiger charge is 2.32. The number of hydrogen-bond acceptors (Lipinski definition) is 4. The number of carbonyl (C=O) groups is 2. The minimum Gasteiger partial charge on any atom is -0.396 e. The first kappa shape index (κ1) is 19.1. The zero-order valence-electron chi connectivity index (χ0n) is 13.1. The summed E-state index contributed by atoms with van der Waals surface area (Å²) in [7, 11) is 0. The molecule has 20 heavy (non-hydrogen) atoms. The molecule has 1 atom stereocenters. The van der Waals surface area contributed by atoms with E-state index in [1.807, 2.05) is 0 Å². The molecule has 0 aliphatic carbocycles. The maximum atomic E-state index is 11.7. The Bertz CT molecular complexity index is 313. The lowest BCUT2D eigenvalue weighted by Gasteiger charge is -2.27. The average molecular weight is 287 g/mol. The van der Waals surface area contributed by atoms with Gasteiger partial charge in [0, 0.05) is 24.8 Å². The van der Waals surface area contributed by atoms with Gasteiger partial charge in [0.25, 0.3) is 0 Å². The van der Waals surface area contributed by atoms with Gasteiger partial charge in [-0.25, -0.2) is 0 Å². The number of aliphatic hydroxyl groups is 2. The summed E-state index contributed by atoms with van der Waals surface area (Å²) in [5.74, 6) is 0.234. The van der Waals surface area contributed by atoms with Crippen molar-refractivity contribution >= 4 is 11.7 Å². The van der Waals surface area contributed by atoms with Crippen LogP contribution in [0.2, 0.25) is 0 Å². The second-order valence-corrected chi connectivity index (χ2v) is 6.42. The fourth-order valence-corrected chi connectivity index (χ4v) is 1.61. The van der Waals surface area contributed by atoms with Crippen molar-refractivity contribution in [2.45, 2.75) is 59.5 Å². The van der Waals surface area contributed by atoms with Crippen molar-refractivity contribution in [1.29, 1.82) is 0 Å². The molecule has 0 fully saturated rings. The first-order chi connectivity index (χ1) is 9.20. The van der Waals surface area contributed by atoms with Crippen LogP contribution < -0.4 is 5.32 Å². The van der Waals surface area contributed by atoms with Crippen LogP contribution >= 0.6 is 0 Å². The van der Waals surface area contributed by atoms with Gasteiger partial charge in [-0.1, -0.05) is 27.7 Å². The predicted molar refractivity (Wildman–Crippen MR) is 78.2 cm³/mol. The van der Waals surface area contributed by atoms with Crippen molar-refractivity contribution in [3.8, 4) is 0 Å². The van der Waals surface area contributed by atoms with Gasteiger partial charge in [0.2, 0.25) is 5.91 Å². The summed E-state index contributed by atoms with van der Waals surface area (Å²) < 4.78 is 0. The quantitative estimate of drug-likeness (QED) is 0.528. The van der Waals surface area contributed by atoms with Gasteiger partial charge in [0.05, 0.1) is 6.61 Å². The second-order valence-electron chi connectivity index (χ2n) is 6.42. The Labute approximate surface area is 121 Å². The van der Waals surface area contributed by atoms with Gasteiger partial charge in [0.1, 0.15) is 11.9 Å². The van der Waals surface area contributed by atoms with Gasteiger partial charge in [-0.3, -0.25) is 9.59 Å². The Balaban J connectivity index is 3.85. The van der Waals surface area contributed by atoms with E-state index in [0.29, 0.717) is 31.7 Å². The first-order valence-electron chi connectivity index (χ1n) is 7.29. The number of carbonyl (C=O) groups excluding carboxylic acids is 2. The molecule has 5 nitrogen and oxygen atoms in total. The molecule has 0 heterocycles. The van der Waals surface area contributed by atoms with E-state index in [1.165, 1.54) is 0 Å². The molecular formula is C15H29NO4. The molecule has 0 saturated heterocycles. The van der Waals surface area contributed by atoms with Gasteiger partial charge >= 0.3 is 0 Å². The Hall–Kier alpha value is -0.940. The second kappa shape index (κ2) is 9.08. The third-order valence-electron chi connectivity index (χ3n) is 3.33. The fourth-order valence-electron chi connectivity index (χ4n) is 1.61. The summed E-state index contributed by atoms with van der Waals surface area (Å²) in [4.78, 5) is 23.2. The summed E-state index contributed by atoms with van der Waals surface area (Å²) in [5, 5.41) is 21.4. The molecule has 0 spiro atoms. The number of aliphatic hydroxyl groups excluding tert-OH is 2. The van der Waals surface area contributed by atoms with E-state index >= 15 is 0 Å². The van der Waals surface area contributed by atoms with Crippen molar-refractivity contribution in [3.63, 3.8) is 0 Å². The lowest BCUT2D eigenvalue weighted by atomic mass is 9.87. The molecule has 0 aromatic carbocycles. The Morgan fingerprint density at radius 3 is 2.30 bits per heavy atom. The Morgan fingerprint density at radius 2 is 1.80 bits per heavy atom. The lowest BCUT2D eigenvalue weighted by Crippen LogP contribution is -2.45. The van der Waals surface area contributed by atoms with Gasteiger partial charge < -0.3 is 15.5 Å². The van der Waals surface area contributed by atoms with Gasteiger partial charge in [-0.2, -0.15) is 0 Å². The van der Waals surface area contributed by atoms with E-state index in [1.54, 1.807) is 13.8 Å². The van der Waals surface area contributed by atoms with Crippen LogP contribution in [0.1, 0.15) is 53.4 Å². The van der Waals surface area contributed by atoms with E-state index in [4.69, 9.17) is 5.11 Å². The summed E-state index contributed by atoms with van der Waals surface area (Å²) in [5.41, 5.74) is -0.864. The molecule has 1 amide bonds. The van der Waals surface area contributed by atoms with E-state index < -0.39 is 17.4 Å². The molecule has 0 aromatic rings. The largest absolute Gasteiger partial charge is 0.396 e. The van der Waals surface area contributed by atoms with Crippen LogP contribution in [0.25, 0.3) is 0 Å². The molecule has 0 radical (unpaired) electrons. The van der Waals surface area contributed by atoms with Gasteiger partial charge in [-0.05, 0) is 18.8 Å². The molecule has 0 aliphatic rings. The number of nitrogens with one attached hydrogen (secondary N) is 1. The molecular weight excluding hydrogens is 258 g/mol. The zero-order valence-corrected chi connectivity index (χ0v) is 13.1. The highest BCUT2D eigenvalue weighted by atomic mass is 16.3. The predicted octanol–water partition coefficient (Wildman–Crippen LogP) is 1.27. The highest BCUT2D eigenvalue weighted by Crippen LogP contribution is 2.19. The minimum absolute atomic E-state index is 0.212. The van der Waals surface area contributed by atoms with Gasteiger partial charge in [-0.15, -0.1) is 0 Å². The first-order valence-corrected chi connectivity index (χ1v) is 7.29. The van der Waals surface area contributed by atoms with E-state index in [-0.39, 0.29) is 12.4 Å². The van der Waals surface area contributed by atoms with Crippen LogP contribution in [0.4, 0.5) is 0 Å². The highest BCUT2D eigenvalue weighted by molar-refractivity contribution is 5.81. The number of amides is 1. The van der Waals surface area contributed by atoms with Crippen LogP contribution in [0.3, 0.4) is 0 Å². The van der Waals surface area contributed by atoms with Crippen molar-refractivity contribution < 1.29 is 19.8 Å². The van der Waals surface area contributed by atoms with Crippen LogP contribution in [0.15, 0.2) is 0 Å². The smallest absolute Gasteiger partial charge is 0.249 e. The molecule has 0 saturated carbocycles. The molecule has 0 bridgehead atoms. The van der Waals surface area contributed by atoms with Crippen LogP contribution in [0, 0.1) is 11.3 Å². The number of rotatable bonds is 10. The summed E-state index contributed by atoms with van der Waals surface area (Å²) >= 11 is 0. The van der Waals surface area contributed by atoms with Crippen LogP contribution in [-0.2, 0) is 9.59 Å². The van der Waals surface area contributed by atoms with E-state index in [9.17, 15) is 14.7 Å². The number of Topliss-reactive ketones (excluding diaryl/α,β-unsaturated/α-hetero) is 1. The molecule has 118 valence electrons. The molecule has 5 heteroatoms. The molecule has 0 aromatic heterocycles. The monoisotopic (exact) mass is 287 g/mol. The van der Waals surface area contributed by atoms with Crippen molar-refractivity contribution in [2.24, 2.45) is 11.3 Å². The van der Waals surface area contributed by atoms with E-state index in [2.05, 4.69) is 19.2 Å². The standard InChI is InChI=1S/C15H29NO4/c1-11(2)7-8-12(18)6-5-9-16-14(20)13(19)15(3,4)10-17/h11,13,17,19H,5-10H2,1-4H3,(H,16,20)/t13-/m0/s1. The summed E-state index contributed by atoms with van der Waals surface area (Å²) in [6, 6.07) is 0. The maximum absolute atomic E-state index is 11.7. The Kier molecular flexibility index (Phi) is 8.65. The van der Waals surface area contributed by atoms with Crippen molar-refractivity contribution in [3.05, 3.63) is 0 Å². The van der Waals surface area contributed by atoms with E-state index in [0.717, 1.165) is 6.42 Å². The number of ketones is 1. The Morgan fingerprint density at radius 1 is 1.20 bits per heavy atom. The van der Waals surface area contributed by atoms with Crippen LogP contribution in [-0.4, -0.2) is 41.2 Å².